The molecule has 0 atom stereocenters. The van der Waals surface area contributed by atoms with Gasteiger partial charge < -0.3 is 15.0 Å². The van der Waals surface area contributed by atoms with Crippen LogP contribution in [0.5, 0.6) is 0 Å². The number of hydrogen-bond donors (Lipinski definition) is 2. The minimum absolute atomic E-state index is 0.111. The van der Waals surface area contributed by atoms with Gasteiger partial charge in [0.05, 0.1) is 0 Å². The normalized spacial score (nSPS) is 10.0. The molecule has 0 saturated carbocycles. The molecule has 1 aromatic heterocycles. The Bertz CT molecular complexity index is 321. The van der Waals surface area contributed by atoms with Crippen LogP contribution in [0.2, 0.25) is 0 Å². The highest BCUT2D eigenvalue weighted by Crippen LogP contribution is 1.91. The molecule has 5 nitrogen and oxygen atoms in total. The quantitative estimate of drug-likeness (QED) is 0.622. The molecule has 0 aromatic carbocycles. The molecule has 1 aromatic rings. The van der Waals surface area contributed by atoms with Crippen LogP contribution in [-0.4, -0.2) is 27.8 Å². The van der Waals surface area contributed by atoms with E-state index < -0.39 is 0 Å². The van der Waals surface area contributed by atoms with Crippen molar-refractivity contribution in [2.24, 2.45) is 7.05 Å². The summed E-state index contributed by atoms with van der Waals surface area (Å²) in [6.45, 7) is 0.670. The van der Waals surface area contributed by atoms with Gasteiger partial charge in [0.25, 0.3) is 5.56 Å². The highest BCUT2D eigenvalue weighted by molar-refractivity contribution is 5.30. The highest BCUT2D eigenvalue weighted by atomic mass is 16.3. The lowest BCUT2D eigenvalue weighted by molar-refractivity contribution is 0.292. The summed E-state index contributed by atoms with van der Waals surface area (Å²) in [7, 11) is 1.67. The van der Waals surface area contributed by atoms with Gasteiger partial charge in [0.15, 0.2) is 5.82 Å². The first-order valence-corrected chi connectivity index (χ1v) is 4.12. The van der Waals surface area contributed by atoms with Gasteiger partial charge >= 0.3 is 0 Å². The molecular formula is C8H13N3O2. The van der Waals surface area contributed by atoms with Crippen LogP contribution in [-0.2, 0) is 7.05 Å². The van der Waals surface area contributed by atoms with E-state index in [0.717, 1.165) is 0 Å². The van der Waals surface area contributed by atoms with Gasteiger partial charge in [-0.3, -0.25) is 4.79 Å². The number of rotatable bonds is 4. The Morgan fingerprint density at radius 1 is 1.69 bits per heavy atom. The summed E-state index contributed by atoms with van der Waals surface area (Å²) in [5, 5.41) is 11.4. The molecule has 0 aliphatic rings. The Morgan fingerprint density at radius 2 is 2.46 bits per heavy atom. The molecule has 0 bridgehead atoms. The maximum atomic E-state index is 11.3. The SMILES string of the molecule is Cn1ccnc(NCCCO)c1=O. The van der Waals surface area contributed by atoms with Crippen LogP contribution in [0.3, 0.4) is 0 Å². The first kappa shape index (κ1) is 9.73. The van der Waals surface area contributed by atoms with Crippen molar-refractivity contribution in [3.63, 3.8) is 0 Å². The third-order valence-electron chi connectivity index (χ3n) is 1.64. The maximum Gasteiger partial charge on any atom is 0.293 e. The first-order chi connectivity index (χ1) is 6.25. The van der Waals surface area contributed by atoms with Crippen molar-refractivity contribution in [3.05, 3.63) is 22.7 Å². The average molecular weight is 183 g/mol. The fourth-order valence-corrected chi connectivity index (χ4v) is 0.905. The van der Waals surface area contributed by atoms with Crippen LogP contribution in [0, 0.1) is 0 Å². The van der Waals surface area contributed by atoms with Crippen molar-refractivity contribution in [1.29, 1.82) is 0 Å². The van der Waals surface area contributed by atoms with E-state index in [1.807, 2.05) is 0 Å². The van der Waals surface area contributed by atoms with Gasteiger partial charge in [0, 0.05) is 32.6 Å². The zero-order valence-electron chi connectivity index (χ0n) is 7.53. The smallest absolute Gasteiger partial charge is 0.293 e. The van der Waals surface area contributed by atoms with E-state index >= 15 is 0 Å². The Hall–Kier alpha value is -1.36. The van der Waals surface area contributed by atoms with Crippen molar-refractivity contribution in [2.45, 2.75) is 6.42 Å². The fourth-order valence-electron chi connectivity index (χ4n) is 0.905. The standard InChI is InChI=1S/C8H13N3O2/c1-11-5-4-10-7(8(11)13)9-3-2-6-12/h4-5,12H,2-3,6H2,1H3,(H,9,10). The predicted octanol–water partition coefficient (Wildman–Crippen LogP) is -0.425. The number of aliphatic hydroxyl groups is 1. The van der Waals surface area contributed by atoms with E-state index in [1.54, 1.807) is 19.4 Å². The number of nitrogens with one attached hydrogen (secondary N) is 1. The number of hydrogen-bond acceptors (Lipinski definition) is 4. The van der Waals surface area contributed by atoms with E-state index in [0.29, 0.717) is 18.8 Å². The average Bonchev–Trinajstić information content (AvgIpc) is 2.13. The predicted molar refractivity (Wildman–Crippen MR) is 49.7 cm³/mol. The molecule has 72 valence electrons. The van der Waals surface area contributed by atoms with Crippen molar-refractivity contribution in [2.75, 3.05) is 18.5 Å². The number of aliphatic hydroxyl groups excluding tert-OH is 1. The second-order valence-corrected chi connectivity index (χ2v) is 2.70. The van der Waals surface area contributed by atoms with Crippen molar-refractivity contribution in [1.82, 2.24) is 9.55 Å². The van der Waals surface area contributed by atoms with E-state index in [4.69, 9.17) is 5.11 Å². The molecule has 0 unspecified atom stereocenters. The largest absolute Gasteiger partial charge is 0.396 e. The molecule has 0 spiro atoms. The molecule has 0 amide bonds. The third kappa shape index (κ3) is 2.55. The monoisotopic (exact) mass is 183 g/mol. The lowest BCUT2D eigenvalue weighted by atomic mass is 10.4. The van der Waals surface area contributed by atoms with Gasteiger partial charge in [0.1, 0.15) is 0 Å². The van der Waals surface area contributed by atoms with Crippen LogP contribution in [0.15, 0.2) is 17.2 Å². The van der Waals surface area contributed by atoms with Crippen molar-refractivity contribution >= 4 is 5.82 Å². The van der Waals surface area contributed by atoms with E-state index in [-0.39, 0.29) is 12.2 Å². The second kappa shape index (κ2) is 4.61. The van der Waals surface area contributed by atoms with E-state index in [9.17, 15) is 4.79 Å². The van der Waals surface area contributed by atoms with Crippen LogP contribution in [0.4, 0.5) is 5.82 Å². The summed E-state index contributed by atoms with van der Waals surface area (Å²) >= 11 is 0. The summed E-state index contributed by atoms with van der Waals surface area (Å²) in [5.74, 6) is 0.332. The molecular weight excluding hydrogens is 170 g/mol. The Labute approximate surface area is 76.0 Å². The molecule has 0 aliphatic carbocycles. The summed E-state index contributed by atoms with van der Waals surface area (Å²) in [6, 6.07) is 0. The first-order valence-electron chi connectivity index (χ1n) is 4.12. The molecule has 2 N–H and O–H groups in total. The van der Waals surface area contributed by atoms with Crippen LogP contribution in [0.1, 0.15) is 6.42 Å². The van der Waals surface area contributed by atoms with Gasteiger partial charge in [-0.15, -0.1) is 0 Å². The fraction of sp³-hybridized carbons (Fsp3) is 0.500. The van der Waals surface area contributed by atoms with Gasteiger partial charge in [0.2, 0.25) is 0 Å². The minimum Gasteiger partial charge on any atom is -0.396 e. The number of aromatic nitrogens is 2. The molecule has 0 fully saturated rings. The molecule has 0 aliphatic heterocycles. The molecule has 13 heavy (non-hydrogen) atoms. The highest BCUT2D eigenvalue weighted by Gasteiger charge is 1.99. The minimum atomic E-state index is -0.152. The zero-order chi connectivity index (χ0) is 9.68. The second-order valence-electron chi connectivity index (χ2n) is 2.70. The Balaban J connectivity index is 2.67. The number of anilines is 1. The lowest BCUT2D eigenvalue weighted by Gasteiger charge is -2.03. The van der Waals surface area contributed by atoms with Crippen molar-refractivity contribution in [3.8, 4) is 0 Å². The van der Waals surface area contributed by atoms with Crippen LogP contribution in [0.25, 0.3) is 0 Å². The Morgan fingerprint density at radius 3 is 3.15 bits per heavy atom. The molecule has 1 heterocycles. The van der Waals surface area contributed by atoms with E-state index in [1.165, 1.54) is 4.57 Å². The van der Waals surface area contributed by atoms with Gasteiger partial charge in [-0.2, -0.15) is 0 Å². The zero-order valence-corrected chi connectivity index (χ0v) is 7.53. The summed E-state index contributed by atoms with van der Waals surface area (Å²) < 4.78 is 1.45. The summed E-state index contributed by atoms with van der Waals surface area (Å²) in [5.41, 5.74) is -0.152. The Kier molecular flexibility index (Phi) is 3.45. The topological polar surface area (TPSA) is 67.2 Å². The van der Waals surface area contributed by atoms with Gasteiger partial charge in [-0.25, -0.2) is 4.98 Å². The number of nitrogens with zero attached hydrogens (tertiary/aromatic N) is 2. The lowest BCUT2D eigenvalue weighted by Crippen LogP contribution is -2.22. The molecule has 0 radical (unpaired) electrons. The van der Waals surface area contributed by atoms with E-state index in [2.05, 4.69) is 10.3 Å². The molecule has 0 saturated heterocycles. The third-order valence-corrected chi connectivity index (χ3v) is 1.64. The van der Waals surface area contributed by atoms with Crippen molar-refractivity contribution < 1.29 is 5.11 Å². The number of aryl methyl sites for hydroxylation is 1. The van der Waals surface area contributed by atoms with Gasteiger partial charge in [-0.1, -0.05) is 0 Å². The van der Waals surface area contributed by atoms with Crippen LogP contribution < -0.4 is 10.9 Å². The molecule has 5 heteroatoms. The van der Waals surface area contributed by atoms with Crippen LogP contribution >= 0.6 is 0 Å². The maximum absolute atomic E-state index is 11.3. The van der Waals surface area contributed by atoms with Gasteiger partial charge in [-0.05, 0) is 6.42 Å². The summed E-state index contributed by atoms with van der Waals surface area (Å²) in [4.78, 5) is 15.2. The molecule has 1 rings (SSSR count). The summed E-state index contributed by atoms with van der Waals surface area (Å²) in [6.07, 6.45) is 3.77.